The molecule has 1 aliphatic rings. The Bertz CT molecular complexity index is 544. The van der Waals surface area contributed by atoms with Crippen molar-refractivity contribution in [3.8, 4) is 0 Å². The SMILES string of the molecule is O=C(O)CN(Cc1ccc(Br)cc1[N+](=O)[O-])C1CCCC1. The Kier molecular flexibility index (Phi) is 5.30. The fraction of sp³-hybridized carbons (Fsp3) is 0.500. The van der Waals surface area contributed by atoms with Gasteiger partial charge in [-0.25, -0.2) is 0 Å². The molecule has 0 aliphatic heterocycles. The Hall–Kier alpha value is -1.47. The monoisotopic (exact) mass is 356 g/mol. The van der Waals surface area contributed by atoms with Crippen molar-refractivity contribution >= 4 is 27.6 Å². The van der Waals surface area contributed by atoms with Gasteiger partial charge in [-0.3, -0.25) is 19.8 Å². The number of nitro groups is 1. The lowest BCUT2D eigenvalue weighted by Crippen LogP contribution is -2.37. The first-order valence-corrected chi connectivity index (χ1v) is 7.65. The largest absolute Gasteiger partial charge is 0.480 e. The van der Waals surface area contributed by atoms with E-state index in [-0.39, 0.29) is 18.3 Å². The van der Waals surface area contributed by atoms with E-state index in [1.807, 2.05) is 4.90 Å². The number of hydrogen-bond acceptors (Lipinski definition) is 4. The zero-order valence-corrected chi connectivity index (χ0v) is 13.1. The molecule has 0 amide bonds. The van der Waals surface area contributed by atoms with Crippen LogP contribution >= 0.6 is 15.9 Å². The first-order valence-electron chi connectivity index (χ1n) is 6.86. The highest BCUT2D eigenvalue weighted by atomic mass is 79.9. The van der Waals surface area contributed by atoms with E-state index >= 15 is 0 Å². The van der Waals surface area contributed by atoms with Crippen molar-refractivity contribution in [2.24, 2.45) is 0 Å². The number of nitrogens with zero attached hydrogens (tertiary/aromatic N) is 2. The summed E-state index contributed by atoms with van der Waals surface area (Å²) in [7, 11) is 0. The Morgan fingerprint density at radius 3 is 2.67 bits per heavy atom. The molecule has 0 atom stereocenters. The van der Waals surface area contributed by atoms with E-state index in [9.17, 15) is 14.9 Å². The molecule has 21 heavy (non-hydrogen) atoms. The van der Waals surface area contributed by atoms with Crippen LogP contribution in [0.5, 0.6) is 0 Å². The van der Waals surface area contributed by atoms with Gasteiger partial charge in [-0.05, 0) is 25.0 Å². The fourth-order valence-electron chi connectivity index (χ4n) is 2.82. The first-order chi connectivity index (χ1) is 9.97. The zero-order chi connectivity index (χ0) is 15.4. The number of halogens is 1. The Balaban J connectivity index is 2.23. The lowest BCUT2D eigenvalue weighted by atomic mass is 10.1. The van der Waals surface area contributed by atoms with Crippen LogP contribution < -0.4 is 0 Å². The van der Waals surface area contributed by atoms with Gasteiger partial charge in [0.1, 0.15) is 0 Å². The summed E-state index contributed by atoms with van der Waals surface area (Å²) in [5.74, 6) is -0.901. The third kappa shape index (κ3) is 4.25. The number of carbonyl (C=O) groups is 1. The lowest BCUT2D eigenvalue weighted by molar-refractivity contribution is -0.385. The summed E-state index contributed by atoms with van der Waals surface area (Å²) >= 11 is 3.23. The molecule has 0 saturated heterocycles. The summed E-state index contributed by atoms with van der Waals surface area (Å²) in [6, 6.07) is 5.09. The molecule has 0 radical (unpaired) electrons. The minimum absolute atomic E-state index is 0.0257. The smallest absolute Gasteiger partial charge is 0.317 e. The molecular formula is C14H17BrN2O4. The molecule has 114 valence electrons. The van der Waals surface area contributed by atoms with Gasteiger partial charge >= 0.3 is 5.97 Å². The highest BCUT2D eigenvalue weighted by molar-refractivity contribution is 9.10. The normalized spacial score (nSPS) is 15.5. The van der Waals surface area contributed by atoms with E-state index in [2.05, 4.69) is 15.9 Å². The summed E-state index contributed by atoms with van der Waals surface area (Å²) in [6.07, 6.45) is 4.08. The van der Waals surface area contributed by atoms with Gasteiger partial charge in [-0.1, -0.05) is 28.8 Å². The molecule has 6 nitrogen and oxygen atoms in total. The second-order valence-corrected chi connectivity index (χ2v) is 6.18. The van der Waals surface area contributed by atoms with E-state index < -0.39 is 10.9 Å². The lowest BCUT2D eigenvalue weighted by Gasteiger charge is -2.27. The minimum atomic E-state index is -0.901. The quantitative estimate of drug-likeness (QED) is 0.624. The van der Waals surface area contributed by atoms with Crippen LogP contribution in [0.1, 0.15) is 31.2 Å². The van der Waals surface area contributed by atoms with Crippen LogP contribution in [0.15, 0.2) is 22.7 Å². The average Bonchev–Trinajstić information content (AvgIpc) is 2.93. The van der Waals surface area contributed by atoms with E-state index in [0.717, 1.165) is 25.7 Å². The molecular weight excluding hydrogens is 340 g/mol. The van der Waals surface area contributed by atoms with Crippen molar-refractivity contribution in [3.05, 3.63) is 38.3 Å². The highest BCUT2D eigenvalue weighted by Crippen LogP contribution is 2.29. The van der Waals surface area contributed by atoms with Gasteiger partial charge < -0.3 is 5.11 Å². The minimum Gasteiger partial charge on any atom is -0.480 e. The number of benzene rings is 1. The molecule has 1 fully saturated rings. The highest BCUT2D eigenvalue weighted by Gasteiger charge is 2.26. The van der Waals surface area contributed by atoms with Gasteiger partial charge in [0.25, 0.3) is 5.69 Å². The van der Waals surface area contributed by atoms with Crippen LogP contribution in [-0.4, -0.2) is 33.5 Å². The number of rotatable bonds is 6. The van der Waals surface area contributed by atoms with Crippen LogP contribution in [0, 0.1) is 10.1 Å². The predicted octanol–water partition coefficient (Wildman–Crippen LogP) is 3.19. The summed E-state index contributed by atoms with van der Waals surface area (Å²) in [5, 5.41) is 20.2. The van der Waals surface area contributed by atoms with Crippen LogP contribution in [0.25, 0.3) is 0 Å². The molecule has 0 bridgehead atoms. The summed E-state index contributed by atoms with van der Waals surface area (Å²) in [5.41, 5.74) is 0.578. The molecule has 0 aromatic heterocycles. The van der Waals surface area contributed by atoms with E-state index in [1.165, 1.54) is 6.07 Å². The summed E-state index contributed by atoms with van der Waals surface area (Å²) in [4.78, 5) is 23.6. The van der Waals surface area contributed by atoms with Gasteiger partial charge in [-0.15, -0.1) is 0 Å². The van der Waals surface area contributed by atoms with Crippen molar-refractivity contribution < 1.29 is 14.8 Å². The maximum atomic E-state index is 11.1. The van der Waals surface area contributed by atoms with Crippen LogP contribution in [0.2, 0.25) is 0 Å². The number of aliphatic carboxylic acids is 1. The topological polar surface area (TPSA) is 83.7 Å². The van der Waals surface area contributed by atoms with Crippen molar-refractivity contribution in [2.45, 2.75) is 38.3 Å². The number of carboxylic acids is 1. The Morgan fingerprint density at radius 2 is 2.10 bits per heavy atom. The molecule has 1 aliphatic carbocycles. The van der Waals surface area contributed by atoms with Crippen LogP contribution in [0.4, 0.5) is 5.69 Å². The molecule has 2 rings (SSSR count). The number of nitro benzene ring substituents is 1. The summed E-state index contributed by atoms with van der Waals surface area (Å²) in [6.45, 7) is 0.207. The third-order valence-corrected chi connectivity index (χ3v) is 4.29. The zero-order valence-electron chi connectivity index (χ0n) is 11.5. The molecule has 1 N–H and O–H groups in total. The maximum absolute atomic E-state index is 11.1. The number of carboxylic acid groups (broad SMARTS) is 1. The second-order valence-electron chi connectivity index (χ2n) is 5.27. The average molecular weight is 357 g/mol. The fourth-order valence-corrected chi connectivity index (χ4v) is 3.17. The molecule has 7 heteroatoms. The van der Waals surface area contributed by atoms with Gasteiger partial charge in [0, 0.05) is 28.7 Å². The maximum Gasteiger partial charge on any atom is 0.317 e. The Labute approximate surface area is 131 Å². The van der Waals surface area contributed by atoms with Crippen LogP contribution in [0.3, 0.4) is 0 Å². The van der Waals surface area contributed by atoms with Gasteiger partial charge in [0.15, 0.2) is 0 Å². The summed E-state index contributed by atoms with van der Waals surface area (Å²) < 4.78 is 0.642. The Morgan fingerprint density at radius 1 is 1.43 bits per heavy atom. The molecule has 0 spiro atoms. The number of hydrogen-bond donors (Lipinski definition) is 1. The molecule has 0 heterocycles. The molecule has 1 aromatic carbocycles. The van der Waals surface area contributed by atoms with Crippen molar-refractivity contribution in [3.63, 3.8) is 0 Å². The van der Waals surface area contributed by atoms with Crippen molar-refractivity contribution in [1.29, 1.82) is 0 Å². The van der Waals surface area contributed by atoms with E-state index in [4.69, 9.17) is 5.11 Å². The second kappa shape index (κ2) is 7.00. The molecule has 1 aromatic rings. The first kappa shape index (κ1) is 15.9. The standard InChI is InChI=1S/C14H17BrN2O4/c15-11-6-5-10(13(7-11)17(20)21)8-16(9-14(18)19)12-3-1-2-4-12/h5-7,12H,1-4,8-9H2,(H,18,19). The molecule has 0 unspecified atom stereocenters. The van der Waals surface area contributed by atoms with E-state index in [1.54, 1.807) is 12.1 Å². The van der Waals surface area contributed by atoms with Crippen molar-refractivity contribution in [1.82, 2.24) is 4.90 Å². The predicted molar refractivity (Wildman–Crippen MR) is 81.1 cm³/mol. The molecule has 1 saturated carbocycles. The van der Waals surface area contributed by atoms with Gasteiger partial charge in [-0.2, -0.15) is 0 Å². The van der Waals surface area contributed by atoms with E-state index in [0.29, 0.717) is 16.6 Å². The van der Waals surface area contributed by atoms with Gasteiger partial charge in [0.2, 0.25) is 0 Å². The van der Waals surface area contributed by atoms with Crippen LogP contribution in [-0.2, 0) is 11.3 Å². The van der Waals surface area contributed by atoms with Crippen molar-refractivity contribution in [2.75, 3.05) is 6.54 Å². The van der Waals surface area contributed by atoms with Gasteiger partial charge in [0.05, 0.1) is 11.5 Å². The third-order valence-electron chi connectivity index (χ3n) is 3.80.